The van der Waals surface area contributed by atoms with Crippen molar-refractivity contribution in [1.82, 2.24) is 5.32 Å². The van der Waals surface area contributed by atoms with E-state index in [1.165, 1.54) is 0 Å². The number of nitrogens with one attached hydrogen (secondary N) is 1. The van der Waals surface area contributed by atoms with Gasteiger partial charge in [0.2, 0.25) is 0 Å². The van der Waals surface area contributed by atoms with Gasteiger partial charge in [-0.1, -0.05) is 0 Å². The van der Waals surface area contributed by atoms with E-state index in [-0.39, 0.29) is 0 Å². The van der Waals surface area contributed by atoms with Crippen LogP contribution in [0.5, 0.6) is 0 Å². The third-order valence-electron chi connectivity index (χ3n) is 0.902. The molecule has 7 heavy (non-hydrogen) atoms. The van der Waals surface area contributed by atoms with Crippen LogP contribution in [0.3, 0.4) is 0 Å². The van der Waals surface area contributed by atoms with Crippen LogP contribution in [0.2, 0.25) is 0 Å². The molecular formula is C4H9NO2. The molecule has 1 heterocycles. The van der Waals surface area contributed by atoms with Gasteiger partial charge in [0, 0.05) is 6.54 Å². The topological polar surface area (TPSA) is 41.5 Å². The smallest absolute Gasteiger partial charge is 0.128 e. The number of ether oxygens (including phenoxy) is 1. The summed E-state index contributed by atoms with van der Waals surface area (Å²) in [5.74, 6) is 0. The Kier molecular flexibility index (Phi) is 1.62. The van der Waals surface area contributed by atoms with Crippen molar-refractivity contribution >= 4 is 0 Å². The second kappa shape index (κ2) is 2.26. The molecule has 1 unspecified atom stereocenters. The first-order chi connectivity index (χ1) is 3.39. The quantitative estimate of drug-likeness (QED) is 0.410. The van der Waals surface area contributed by atoms with Gasteiger partial charge in [0.15, 0.2) is 0 Å². The van der Waals surface area contributed by atoms with E-state index in [9.17, 15) is 0 Å². The SMILES string of the molecule is OC1COCCN1. The Balaban J connectivity index is 2.12. The summed E-state index contributed by atoms with van der Waals surface area (Å²) in [4.78, 5) is 0. The minimum atomic E-state index is -0.436. The molecule has 0 aromatic rings. The van der Waals surface area contributed by atoms with Gasteiger partial charge >= 0.3 is 0 Å². The van der Waals surface area contributed by atoms with E-state index in [0.717, 1.165) is 13.2 Å². The number of morpholine rings is 1. The summed E-state index contributed by atoms with van der Waals surface area (Å²) in [6.07, 6.45) is -0.436. The van der Waals surface area contributed by atoms with E-state index in [1.807, 2.05) is 0 Å². The van der Waals surface area contributed by atoms with Crippen molar-refractivity contribution in [3.8, 4) is 0 Å². The largest absolute Gasteiger partial charge is 0.376 e. The van der Waals surface area contributed by atoms with Gasteiger partial charge in [0.05, 0.1) is 13.2 Å². The molecule has 0 aromatic heterocycles. The summed E-state index contributed by atoms with van der Waals surface area (Å²) in [6, 6.07) is 0. The lowest BCUT2D eigenvalue weighted by molar-refractivity contribution is -0.0161. The van der Waals surface area contributed by atoms with Crippen molar-refractivity contribution in [2.24, 2.45) is 0 Å². The number of hydrogen-bond donors (Lipinski definition) is 2. The van der Waals surface area contributed by atoms with E-state index in [2.05, 4.69) is 5.32 Å². The van der Waals surface area contributed by atoms with Gasteiger partial charge in [-0.15, -0.1) is 0 Å². The number of aliphatic hydroxyl groups excluding tert-OH is 1. The fourth-order valence-electron chi connectivity index (χ4n) is 0.552. The lowest BCUT2D eigenvalue weighted by Crippen LogP contribution is -2.40. The molecule has 1 aliphatic rings. The molecule has 3 nitrogen and oxygen atoms in total. The lowest BCUT2D eigenvalue weighted by atomic mass is 10.5. The predicted octanol–water partition coefficient (Wildman–Crippen LogP) is -1.08. The second-order valence-electron chi connectivity index (χ2n) is 1.54. The molecule has 1 aliphatic heterocycles. The average Bonchev–Trinajstić information content (AvgIpc) is 1.69. The van der Waals surface area contributed by atoms with Crippen molar-refractivity contribution in [3.63, 3.8) is 0 Å². The molecule has 0 radical (unpaired) electrons. The minimum absolute atomic E-state index is 0.431. The van der Waals surface area contributed by atoms with Gasteiger partial charge in [-0.3, -0.25) is 5.32 Å². The van der Waals surface area contributed by atoms with E-state index in [1.54, 1.807) is 0 Å². The van der Waals surface area contributed by atoms with Crippen LogP contribution in [-0.2, 0) is 4.74 Å². The van der Waals surface area contributed by atoms with Crippen LogP contribution in [-0.4, -0.2) is 31.1 Å². The Hall–Kier alpha value is -0.120. The summed E-state index contributed by atoms with van der Waals surface area (Å²) in [5.41, 5.74) is 0. The first-order valence-electron chi connectivity index (χ1n) is 2.39. The van der Waals surface area contributed by atoms with Crippen LogP contribution in [0.1, 0.15) is 0 Å². The molecule has 42 valence electrons. The highest BCUT2D eigenvalue weighted by Gasteiger charge is 2.06. The Labute approximate surface area is 42.3 Å². The van der Waals surface area contributed by atoms with E-state index in [4.69, 9.17) is 9.84 Å². The van der Waals surface area contributed by atoms with Crippen molar-refractivity contribution in [2.45, 2.75) is 6.23 Å². The van der Waals surface area contributed by atoms with Gasteiger partial charge < -0.3 is 9.84 Å². The summed E-state index contributed by atoms with van der Waals surface area (Å²) >= 11 is 0. The van der Waals surface area contributed by atoms with Gasteiger partial charge in [-0.25, -0.2) is 0 Å². The summed E-state index contributed by atoms with van der Waals surface area (Å²) < 4.78 is 4.87. The normalized spacial score (nSPS) is 33.0. The molecule has 0 amide bonds. The Bertz CT molecular complexity index is 51.7. The van der Waals surface area contributed by atoms with Crippen LogP contribution in [0.4, 0.5) is 0 Å². The van der Waals surface area contributed by atoms with Crippen LogP contribution in [0, 0.1) is 0 Å². The molecule has 1 fully saturated rings. The predicted molar refractivity (Wildman–Crippen MR) is 24.8 cm³/mol. The fourth-order valence-corrected chi connectivity index (χ4v) is 0.552. The third-order valence-corrected chi connectivity index (χ3v) is 0.902. The zero-order valence-electron chi connectivity index (χ0n) is 4.05. The maximum Gasteiger partial charge on any atom is 0.128 e. The third kappa shape index (κ3) is 1.43. The van der Waals surface area contributed by atoms with Crippen LogP contribution in [0.25, 0.3) is 0 Å². The van der Waals surface area contributed by atoms with Crippen molar-refractivity contribution in [1.29, 1.82) is 0 Å². The molecule has 0 aliphatic carbocycles. The van der Waals surface area contributed by atoms with Crippen LogP contribution >= 0.6 is 0 Å². The molecular weight excluding hydrogens is 94.0 g/mol. The number of aliphatic hydroxyl groups is 1. The Morgan fingerprint density at radius 3 is 2.86 bits per heavy atom. The Morgan fingerprint density at radius 2 is 2.57 bits per heavy atom. The van der Waals surface area contributed by atoms with E-state index < -0.39 is 6.23 Å². The average molecular weight is 103 g/mol. The number of hydrogen-bond acceptors (Lipinski definition) is 3. The summed E-state index contributed by atoms with van der Waals surface area (Å²) in [6.45, 7) is 1.91. The maximum absolute atomic E-state index is 8.67. The molecule has 3 heteroatoms. The number of rotatable bonds is 0. The molecule has 2 N–H and O–H groups in total. The van der Waals surface area contributed by atoms with Gasteiger partial charge in [-0.05, 0) is 0 Å². The monoisotopic (exact) mass is 103 g/mol. The van der Waals surface area contributed by atoms with Crippen molar-refractivity contribution < 1.29 is 9.84 Å². The van der Waals surface area contributed by atoms with E-state index >= 15 is 0 Å². The summed E-state index contributed by atoms with van der Waals surface area (Å²) in [7, 11) is 0. The molecule has 0 aromatic carbocycles. The van der Waals surface area contributed by atoms with Gasteiger partial charge in [0.25, 0.3) is 0 Å². The van der Waals surface area contributed by atoms with Gasteiger partial charge in [-0.2, -0.15) is 0 Å². The van der Waals surface area contributed by atoms with Crippen LogP contribution in [0.15, 0.2) is 0 Å². The summed E-state index contributed by atoms with van der Waals surface area (Å²) in [5, 5.41) is 11.5. The van der Waals surface area contributed by atoms with Crippen molar-refractivity contribution in [3.05, 3.63) is 0 Å². The minimum Gasteiger partial charge on any atom is -0.376 e. The van der Waals surface area contributed by atoms with E-state index in [0.29, 0.717) is 6.61 Å². The van der Waals surface area contributed by atoms with Gasteiger partial charge in [0.1, 0.15) is 6.23 Å². The maximum atomic E-state index is 8.67. The molecule has 0 saturated carbocycles. The lowest BCUT2D eigenvalue weighted by Gasteiger charge is -2.17. The Morgan fingerprint density at radius 1 is 1.71 bits per heavy atom. The highest BCUT2D eigenvalue weighted by molar-refractivity contribution is 4.55. The van der Waals surface area contributed by atoms with Crippen LogP contribution < -0.4 is 5.32 Å². The molecule has 0 spiro atoms. The fraction of sp³-hybridized carbons (Fsp3) is 1.00. The molecule has 1 atom stereocenters. The zero-order chi connectivity index (χ0) is 5.11. The first kappa shape index (κ1) is 5.03. The molecule has 1 saturated heterocycles. The van der Waals surface area contributed by atoms with Crippen molar-refractivity contribution in [2.75, 3.05) is 19.8 Å². The molecule has 1 rings (SSSR count). The molecule has 0 bridgehead atoms. The first-order valence-corrected chi connectivity index (χ1v) is 2.39. The second-order valence-corrected chi connectivity index (χ2v) is 1.54. The highest BCUT2D eigenvalue weighted by atomic mass is 16.5. The highest BCUT2D eigenvalue weighted by Crippen LogP contribution is 1.85. The zero-order valence-corrected chi connectivity index (χ0v) is 4.05. The standard InChI is InChI=1S/C4H9NO2/c6-4-3-7-2-1-5-4/h4-6H,1-3H2.